The fourth-order valence-electron chi connectivity index (χ4n) is 2.82. The highest BCUT2D eigenvalue weighted by Crippen LogP contribution is 2.44. The lowest BCUT2D eigenvalue weighted by molar-refractivity contribution is -0.126. The summed E-state index contributed by atoms with van der Waals surface area (Å²) in [5.41, 5.74) is 0. The Morgan fingerprint density at radius 2 is 1.90 bits per heavy atom. The number of nitrogens with one attached hydrogen (secondary N) is 1. The van der Waals surface area contributed by atoms with Crippen molar-refractivity contribution < 1.29 is 31.3 Å². The molecule has 0 spiro atoms. The lowest BCUT2D eigenvalue weighted by atomic mass is 9.92. The number of Topliss-reactive ketones (excluding diaryl/α,β-unsaturated/α-hetero) is 1. The van der Waals surface area contributed by atoms with Crippen molar-refractivity contribution in [3.05, 3.63) is 0 Å². The van der Waals surface area contributed by atoms with Gasteiger partial charge in [-0.2, -0.15) is 17.2 Å². The largest absolute Gasteiger partial charge is 0.370 e. The van der Waals surface area contributed by atoms with Crippen molar-refractivity contribution in [3.63, 3.8) is 0 Å². The van der Waals surface area contributed by atoms with Crippen molar-refractivity contribution >= 4 is 21.8 Å². The summed E-state index contributed by atoms with van der Waals surface area (Å²) in [4.78, 5) is 23.4. The van der Waals surface area contributed by atoms with Crippen molar-refractivity contribution in [3.8, 4) is 0 Å². The molecule has 9 heteroatoms. The molecule has 0 heterocycles. The molecule has 0 bridgehead atoms. The summed E-state index contributed by atoms with van der Waals surface area (Å²) < 4.78 is 56.9. The molecule has 1 aliphatic carbocycles. The van der Waals surface area contributed by atoms with E-state index < -0.39 is 45.5 Å². The Morgan fingerprint density at radius 1 is 1.33 bits per heavy atom. The normalized spacial score (nSPS) is 26.6. The molecular formula is C12H19F2NO5S. The van der Waals surface area contributed by atoms with Gasteiger partial charge in [0.15, 0.2) is 0 Å². The number of carbonyl (C=O) groups excluding carboxylic acids is 2. The second-order valence-electron chi connectivity index (χ2n) is 5.29. The van der Waals surface area contributed by atoms with Crippen molar-refractivity contribution in [1.29, 1.82) is 0 Å². The van der Waals surface area contributed by atoms with Crippen LogP contribution in [0.1, 0.15) is 32.6 Å². The first kappa shape index (κ1) is 18.0. The minimum Gasteiger partial charge on any atom is -0.359 e. The van der Waals surface area contributed by atoms with Crippen molar-refractivity contribution in [2.24, 2.45) is 17.8 Å². The summed E-state index contributed by atoms with van der Waals surface area (Å²) in [6.07, 6.45) is -0.793. The average molecular weight is 327 g/mol. The first-order valence-corrected chi connectivity index (χ1v) is 8.06. The zero-order valence-electron chi connectivity index (χ0n) is 11.8. The van der Waals surface area contributed by atoms with Gasteiger partial charge in [0, 0.05) is 31.7 Å². The van der Waals surface area contributed by atoms with Gasteiger partial charge in [-0.25, -0.2) is 0 Å². The van der Waals surface area contributed by atoms with Gasteiger partial charge < -0.3 is 5.32 Å². The topological polar surface area (TPSA) is 101 Å². The van der Waals surface area contributed by atoms with Gasteiger partial charge >= 0.3 is 15.4 Å². The Bertz CT molecular complexity index is 520. The second-order valence-corrected chi connectivity index (χ2v) is 6.83. The van der Waals surface area contributed by atoms with E-state index in [-0.39, 0.29) is 25.0 Å². The Labute approximate surface area is 122 Å². The highest BCUT2D eigenvalue weighted by atomic mass is 32.2. The predicted molar refractivity (Wildman–Crippen MR) is 70.2 cm³/mol. The van der Waals surface area contributed by atoms with Crippen molar-refractivity contribution in [2.45, 2.75) is 37.9 Å². The predicted octanol–water partition coefficient (Wildman–Crippen LogP) is 1.22. The van der Waals surface area contributed by atoms with E-state index in [4.69, 9.17) is 4.55 Å². The molecule has 1 amide bonds. The van der Waals surface area contributed by atoms with Gasteiger partial charge in [-0.3, -0.25) is 14.1 Å². The second kappa shape index (κ2) is 6.35. The van der Waals surface area contributed by atoms with Crippen LogP contribution in [0.5, 0.6) is 0 Å². The van der Waals surface area contributed by atoms with Gasteiger partial charge in [0.05, 0.1) is 0 Å². The molecule has 1 aliphatic rings. The van der Waals surface area contributed by atoms with Gasteiger partial charge in [-0.1, -0.05) is 6.92 Å². The van der Waals surface area contributed by atoms with Gasteiger partial charge in [0.25, 0.3) is 0 Å². The first-order chi connectivity index (χ1) is 9.53. The Hall–Kier alpha value is -1.09. The van der Waals surface area contributed by atoms with Crippen LogP contribution in [0.3, 0.4) is 0 Å². The maximum atomic E-state index is 13.5. The number of hydrogen-bond donors (Lipinski definition) is 2. The summed E-state index contributed by atoms with van der Waals surface area (Å²) in [6, 6.07) is 0. The maximum absolute atomic E-state index is 13.5. The van der Waals surface area contributed by atoms with Crippen LogP contribution in [0.2, 0.25) is 0 Å². The van der Waals surface area contributed by atoms with E-state index in [1.54, 1.807) is 6.92 Å². The number of rotatable bonds is 6. The number of carbonyl (C=O) groups is 2. The molecule has 1 saturated carbocycles. The van der Waals surface area contributed by atoms with Crippen LogP contribution in [-0.2, 0) is 19.7 Å². The van der Waals surface area contributed by atoms with Crippen molar-refractivity contribution in [2.75, 3.05) is 7.05 Å². The van der Waals surface area contributed by atoms with Crippen LogP contribution in [0, 0.1) is 17.8 Å². The molecule has 2 N–H and O–H groups in total. The summed E-state index contributed by atoms with van der Waals surface area (Å²) in [5, 5.41) is -1.99. The molecule has 0 radical (unpaired) electrons. The molecule has 122 valence electrons. The quantitative estimate of drug-likeness (QED) is 0.715. The highest BCUT2D eigenvalue weighted by molar-refractivity contribution is 7.86. The minimum absolute atomic E-state index is 0.0237. The van der Waals surface area contributed by atoms with Crippen molar-refractivity contribution in [1.82, 2.24) is 5.32 Å². The SMILES string of the molecule is CCC(=O)C1CC(CC(F)(F)S(=O)(=O)O)C(C(=O)NC)C1. The summed E-state index contributed by atoms with van der Waals surface area (Å²) in [7, 11) is -4.20. The van der Waals surface area contributed by atoms with Gasteiger partial charge in [0.1, 0.15) is 5.78 Å². The lowest BCUT2D eigenvalue weighted by Gasteiger charge is -2.21. The van der Waals surface area contributed by atoms with E-state index >= 15 is 0 Å². The zero-order chi connectivity index (χ0) is 16.4. The van der Waals surface area contributed by atoms with E-state index in [1.165, 1.54) is 7.05 Å². The van der Waals surface area contributed by atoms with E-state index in [0.29, 0.717) is 0 Å². The van der Waals surface area contributed by atoms with E-state index in [1.807, 2.05) is 0 Å². The van der Waals surface area contributed by atoms with Crippen LogP contribution in [-0.4, -0.2) is 37.0 Å². The van der Waals surface area contributed by atoms with Crippen LogP contribution < -0.4 is 5.32 Å². The molecule has 1 rings (SSSR count). The number of hydrogen-bond acceptors (Lipinski definition) is 4. The summed E-state index contributed by atoms with van der Waals surface area (Å²) >= 11 is 0. The fraction of sp³-hybridized carbons (Fsp3) is 0.833. The molecule has 0 aromatic rings. The van der Waals surface area contributed by atoms with Crippen LogP contribution >= 0.6 is 0 Å². The van der Waals surface area contributed by atoms with Crippen LogP contribution in [0.4, 0.5) is 8.78 Å². The van der Waals surface area contributed by atoms with E-state index in [0.717, 1.165) is 0 Å². The smallest absolute Gasteiger partial charge is 0.359 e. The minimum atomic E-state index is -5.54. The molecule has 0 aromatic heterocycles. The van der Waals surface area contributed by atoms with E-state index in [9.17, 15) is 26.8 Å². The van der Waals surface area contributed by atoms with Crippen LogP contribution in [0.15, 0.2) is 0 Å². The number of ketones is 1. The lowest BCUT2D eigenvalue weighted by Crippen LogP contribution is -2.36. The molecule has 6 nitrogen and oxygen atoms in total. The fourth-order valence-corrected chi connectivity index (χ4v) is 3.24. The Morgan fingerprint density at radius 3 is 2.33 bits per heavy atom. The van der Waals surface area contributed by atoms with Crippen LogP contribution in [0.25, 0.3) is 0 Å². The average Bonchev–Trinajstić information content (AvgIpc) is 2.78. The van der Waals surface area contributed by atoms with Gasteiger partial charge in [0.2, 0.25) is 5.91 Å². The molecule has 3 unspecified atom stereocenters. The maximum Gasteiger partial charge on any atom is 0.370 e. The molecule has 0 saturated heterocycles. The molecule has 1 fully saturated rings. The monoisotopic (exact) mass is 327 g/mol. The standard InChI is InChI=1S/C12H19F2NO5S/c1-3-10(16)7-4-8(9(5-7)11(17)15-2)6-12(13,14)21(18,19)20/h7-9H,3-6H2,1-2H3,(H,15,17)(H,18,19,20). The number of amides is 1. The Kier molecular flexibility index (Phi) is 5.43. The van der Waals surface area contributed by atoms with Gasteiger partial charge in [-0.15, -0.1) is 0 Å². The number of halogens is 2. The molecule has 3 atom stereocenters. The first-order valence-electron chi connectivity index (χ1n) is 6.62. The third-order valence-corrected chi connectivity index (χ3v) is 4.88. The summed E-state index contributed by atoms with van der Waals surface area (Å²) in [5.74, 6) is -3.00. The molecule has 0 aromatic carbocycles. The third-order valence-electron chi connectivity index (χ3n) is 3.96. The third kappa shape index (κ3) is 3.97. The number of alkyl halides is 2. The molecule has 0 aliphatic heterocycles. The highest BCUT2D eigenvalue weighted by Gasteiger charge is 2.51. The molecule has 21 heavy (non-hydrogen) atoms. The van der Waals surface area contributed by atoms with Gasteiger partial charge in [-0.05, 0) is 18.8 Å². The van der Waals surface area contributed by atoms with E-state index in [2.05, 4.69) is 5.32 Å². The zero-order valence-corrected chi connectivity index (χ0v) is 12.6. The summed E-state index contributed by atoms with van der Waals surface area (Å²) in [6.45, 7) is 1.64. The Balaban J connectivity index is 2.96. The molecular weight excluding hydrogens is 308 g/mol.